The van der Waals surface area contributed by atoms with Crippen molar-refractivity contribution < 1.29 is 9.90 Å². The van der Waals surface area contributed by atoms with E-state index < -0.39 is 5.97 Å². The zero-order chi connectivity index (χ0) is 17.0. The van der Waals surface area contributed by atoms with Crippen molar-refractivity contribution in [3.05, 3.63) is 58.4 Å². The summed E-state index contributed by atoms with van der Waals surface area (Å²) in [4.78, 5) is 15.0. The number of aromatic amines is 1. The van der Waals surface area contributed by atoms with Gasteiger partial charge in [-0.2, -0.15) is 5.10 Å². The summed E-state index contributed by atoms with van der Waals surface area (Å²) in [5.41, 5.74) is 4.18. The molecule has 3 aromatic heterocycles. The Morgan fingerprint density at radius 3 is 2.84 bits per heavy atom. The summed E-state index contributed by atoms with van der Waals surface area (Å²) in [6.07, 6.45) is 4.26. The van der Waals surface area contributed by atoms with E-state index in [1.807, 2.05) is 34.5 Å². The lowest BCUT2D eigenvalue weighted by molar-refractivity contribution is 0.0702. The van der Waals surface area contributed by atoms with E-state index in [-0.39, 0.29) is 0 Å². The average molecular weight is 349 g/mol. The molecule has 1 aliphatic rings. The summed E-state index contributed by atoms with van der Waals surface area (Å²) < 4.78 is 1.90. The van der Waals surface area contributed by atoms with Crippen LogP contribution in [0.15, 0.2) is 48.0 Å². The zero-order valence-corrected chi connectivity index (χ0v) is 14.1. The molecule has 1 aromatic carbocycles. The summed E-state index contributed by atoms with van der Waals surface area (Å²) in [5, 5.41) is 16.9. The summed E-state index contributed by atoms with van der Waals surface area (Å²) >= 11 is 1.25. The number of aromatic carboxylic acids is 1. The summed E-state index contributed by atoms with van der Waals surface area (Å²) in [7, 11) is 0. The van der Waals surface area contributed by atoms with Crippen LogP contribution in [0, 0.1) is 0 Å². The molecule has 5 nitrogen and oxygen atoms in total. The predicted octanol–water partition coefficient (Wildman–Crippen LogP) is 4.66. The van der Waals surface area contributed by atoms with Crippen molar-refractivity contribution >= 4 is 28.2 Å². The predicted molar refractivity (Wildman–Crippen MR) is 97.7 cm³/mol. The van der Waals surface area contributed by atoms with Gasteiger partial charge in [-0.25, -0.2) is 9.48 Å². The average Bonchev–Trinajstić information content (AvgIpc) is 3.04. The number of fused-ring (bicyclic) bond motifs is 1. The second-order valence-electron chi connectivity index (χ2n) is 6.38. The lowest BCUT2D eigenvalue weighted by Crippen LogP contribution is -2.00. The first-order valence-electron chi connectivity index (χ1n) is 8.19. The molecule has 0 unspecified atom stereocenters. The first-order valence-corrected chi connectivity index (χ1v) is 9.07. The maximum absolute atomic E-state index is 11.3. The number of hydrogen-bond acceptors (Lipinski definition) is 3. The molecule has 1 aliphatic carbocycles. The SMILES string of the molecule is O=C(O)c1cc(-c2c(C3CC3)cnn2-c2cc3ccccc3[nH]2)cs1. The van der Waals surface area contributed by atoms with E-state index in [1.54, 1.807) is 6.07 Å². The third-order valence-corrected chi connectivity index (χ3v) is 5.56. The molecule has 2 N–H and O–H groups in total. The van der Waals surface area contributed by atoms with E-state index in [0.29, 0.717) is 10.8 Å². The fraction of sp³-hybridized carbons (Fsp3) is 0.158. The van der Waals surface area contributed by atoms with Crippen molar-refractivity contribution in [3.8, 4) is 17.1 Å². The summed E-state index contributed by atoms with van der Waals surface area (Å²) in [6.45, 7) is 0. The molecule has 0 aliphatic heterocycles. The number of carboxylic acids is 1. The van der Waals surface area contributed by atoms with Crippen LogP contribution in [0.2, 0.25) is 0 Å². The summed E-state index contributed by atoms with van der Waals surface area (Å²) in [6, 6.07) is 11.9. The normalized spacial score (nSPS) is 14.2. The number of rotatable bonds is 4. The number of carboxylic acid groups (broad SMARTS) is 1. The van der Waals surface area contributed by atoms with Gasteiger partial charge in [-0.3, -0.25) is 0 Å². The zero-order valence-electron chi connectivity index (χ0n) is 13.3. The topological polar surface area (TPSA) is 70.9 Å². The van der Waals surface area contributed by atoms with E-state index in [1.165, 1.54) is 29.7 Å². The van der Waals surface area contributed by atoms with Gasteiger partial charge in [0.05, 0.1) is 11.9 Å². The molecule has 5 rings (SSSR count). The van der Waals surface area contributed by atoms with Crippen molar-refractivity contribution in [2.24, 2.45) is 0 Å². The Kier molecular flexibility index (Phi) is 3.08. The Morgan fingerprint density at radius 2 is 2.12 bits per heavy atom. The van der Waals surface area contributed by atoms with Gasteiger partial charge in [-0.15, -0.1) is 11.3 Å². The van der Waals surface area contributed by atoms with E-state index in [2.05, 4.69) is 22.2 Å². The van der Waals surface area contributed by atoms with Gasteiger partial charge in [0.1, 0.15) is 10.7 Å². The van der Waals surface area contributed by atoms with Crippen LogP contribution in [0.25, 0.3) is 28.0 Å². The molecule has 1 saturated carbocycles. The Bertz CT molecular complexity index is 1070. The van der Waals surface area contributed by atoms with Crippen LogP contribution in [0.3, 0.4) is 0 Å². The Labute approximate surface area is 147 Å². The summed E-state index contributed by atoms with van der Waals surface area (Å²) in [5.74, 6) is 0.536. The third-order valence-electron chi connectivity index (χ3n) is 4.64. The largest absolute Gasteiger partial charge is 0.477 e. The van der Waals surface area contributed by atoms with Crippen LogP contribution >= 0.6 is 11.3 Å². The lowest BCUT2D eigenvalue weighted by atomic mass is 10.1. The van der Waals surface area contributed by atoms with E-state index in [0.717, 1.165) is 28.0 Å². The van der Waals surface area contributed by atoms with Gasteiger partial charge in [0.25, 0.3) is 0 Å². The highest BCUT2D eigenvalue weighted by molar-refractivity contribution is 7.12. The molecule has 124 valence electrons. The van der Waals surface area contributed by atoms with E-state index in [9.17, 15) is 9.90 Å². The smallest absolute Gasteiger partial charge is 0.345 e. The minimum atomic E-state index is -0.888. The second kappa shape index (κ2) is 5.32. The van der Waals surface area contributed by atoms with Gasteiger partial charge in [-0.1, -0.05) is 18.2 Å². The number of H-pyrrole nitrogens is 1. The number of carbonyl (C=O) groups is 1. The minimum Gasteiger partial charge on any atom is -0.477 e. The van der Waals surface area contributed by atoms with Crippen molar-refractivity contribution in [2.75, 3.05) is 0 Å². The van der Waals surface area contributed by atoms with Gasteiger partial charge in [0, 0.05) is 27.4 Å². The molecule has 0 bridgehead atoms. The van der Waals surface area contributed by atoms with Gasteiger partial charge in [0.15, 0.2) is 0 Å². The number of thiophene rings is 1. The van der Waals surface area contributed by atoms with Crippen molar-refractivity contribution in [1.82, 2.24) is 14.8 Å². The maximum atomic E-state index is 11.3. The number of hydrogen-bond donors (Lipinski definition) is 2. The number of nitrogens with zero attached hydrogens (tertiary/aromatic N) is 2. The van der Waals surface area contributed by atoms with Crippen LogP contribution < -0.4 is 0 Å². The van der Waals surface area contributed by atoms with Gasteiger partial charge in [0.2, 0.25) is 0 Å². The number of aromatic nitrogens is 3. The lowest BCUT2D eigenvalue weighted by Gasteiger charge is -2.06. The van der Waals surface area contributed by atoms with Gasteiger partial charge in [-0.05, 0) is 37.0 Å². The molecular weight excluding hydrogens is 334 g/mol. The molecule has 0 atom stereocenters. The van der Waals surface area contributed by atoms with Crippen LogP contribution in [0.1, 0.15) is 34.0 Å². The van der Waals surface area contributed by atoms with Gasteiger partial charge < -0.3 is 10.1 Å². The van der Waals surface area contributed by atoms with E-state index in [4.69, 9.17) is 0 Å². The molecule has 0 amide bonds. The minimum absolute atomic E-state index is 0.348. The standard InChI is InChI=1S/C19H15N3O2S/c23-19(24)16-7-13(10-25-16)18-14(11-5-6-11)9-20-22(18)17-8-12-3-1-2-4-15(12)21-17/h1-4,7-11,21H,5-6H2,(H,23,24). The molecule has 1 fully saturated rings. The first kappa shape index (κ1) is 14.5. The van der Waals surface area contributed by atoms with Crippen LogP contribution in [0.4, 0.5) is 0 Å². The maximum Gasteiger partial charge on any atom is 0.345 e. The van der Waals surface area contributed by atoms with Crippen LogP contribution in [-0.4, -0.2) is 25.8 Å². The van der Waals surface area contributed by atoms with Crippen LogP contribution in [0.5, 0.6) is 0 Å². The highest BCUT2D eigenvalue weighted by atomic mass is 32.1. The number of nitrogens with one attached hydrogen (secondary N) is 1. The monoisotopic (exact) mass is 349 g/mol. The van der Waals surface area contributed by atoms with Crippen molar-refractivity contribution in [2.45, 2.75) is 18.8 Å². The second-order valence-corrected chi connectivity index (χ2v) is 7.29. The molecule has 0 spiro atoms. The molecule has 25 heavy (non-hydrogen) atoms. The van der Waals surface area contributed by atoms with Crippen molar-refractivity contribution in [1.29, 1.82) is 0 Å². The van der Waals surface area contributed by atoms with E-state index >= 15 is 0 Å². The Balaban J connectivity index is 1.70. The number of benzene rings is 1. The highest BCUT2D eigenvalue weighted by Gasteiger charge is 2.30. The van der Waals surface area contributed by atoms with Crippen LogP contribution in [-0.2, 0) is 0 Å². The molecule has 0 saturated heterocycles. The van der Waals surface area contributed by atoms with Gasteiger partial charge >= 0.3 is 5.97 Å². The first-order chi connectivity index (χ1) is 12.2. The number of para-hydroxylation sites is 1. The molecule has 4 aromatic rings. The molecular formula is C19H15N3O2S. The Morgan fingerprint density at radius 1 is 1.28 bits per heavy atom. The molecule has 0 radical (unpaired) electrons. The molecule has 3 heterocycles. The third kappa shape index (κ3) is 2.37. The molecule has 6 heteroatoms. The fourth-order valence-corrected chi connectivity index (χ4v) is 4.00. The van der Waals surface area contributed by atoms with Crippen molar-refractivity contribution in [3.63, 3.8) is 0 Å². The fourth-order valence-electron chi connectivity index (χ4n) is 3.27. The Hall–Kier alpha value is -2.86. The quantitative estimate of drug-likeness (QED) is 0.563. The highest BCUT2D eigenvalue weighted by Crippen LogP contribution is 2.45.